The Morgan fingerprint density at radius 1 is 1.19 bits per heavy atom. The third-order valence-corrected chi connectivity index (χ3v) is 3.59. The molecule has 4 nitrogen and oxygen atoms in total. The zero-order valence-corrected chi connectivity index (χ0v) is 13.3. The van der Waals surface area contributed by atoms with Crippen LogP contribution >= 0.6 is 0 Å². The summed E-state index contributed by atoms with van der Waals surface area (Å²) in [4.78, 5) is 2.34. The summed E-state index contributed by atoms with van der Waals surface area (Å²) in [6.45, 7) is 6.11. The van der Waals surface area contributed by atoms with Crippen molar-refractivity contribution in [1.82, 2.24) is 20.0 Å². The van der Waals surface area contributed by atoms with Gasteiger partial charge in [-0.1, -0.05) is 31.2 Å². The normalized spacial score (nSPS) is 11.2. The molecule has 4 heteroatoms. The highest BCUT2D eigenvalue weighted by atomic mass is 15.2. The van der Waals surface area contributed by atoms with E-state index in [-0.39, 0.29) is 0 Å². The maximum atomic E-state index is 4.23. The molecule has 1 heterocycles. The number of hydrogen-bond donors (Lipinski definition) is 1. The number of aryl methyl sites for hydroxylation is 1. The van der Waals surface area contributed by atoms with E-state index in [4.69, 9.17) is 0 Å². The van der Waals surface area contributed by atoms with Gasteiger partial charge >= 0.3 is 0 Å². The fourth-order valence-corrected chi connectivity index (χ4v) is 2.57. The first kappa shape index (κ1) is 15.7. The number of rotatable bonds is 8. The van der Waals surface area contributed by atoms with Crippen molar-refractivity contribution >= 4 is 0 Å². The molecule has 0 atom stereocenters. The van der Waals surface area contributed by atoms with Gasteiger partial charge in [0.2, 0.25) is 0 Å². The minimum absolute atomic E-state index is 0.926. The van der Waals surface area contributed by atoms with Crippen molar-refractivity contribution in [2.24, 2.45) is 7.05 Å². The molecule has 0 unspecified atom stereocenters. The monoisotopic (exact) mass is 286 g/mol. The van der Waals surface area contributed by atoms with E-state index in [1.165, 1.54) is 16.7 Å². The molecule has 0 aliphatic heterocycles. The summed E-state index contributed by atoms with van der Waals surface area (Å²) < 4.78 is 1.85. The summed E-state index contributed by atoms with van der Waals surface area (Å²) >= 11 is 0. The van der Waals surface area contributed by atoms with Crippen molar-refractivity contribution in [3.8, 4) is 0 Å². The molecule has 2 rings (SSSR count). The molecular formula is C17H26N4. The fraction of sp³-hybridized carbons (Fsp3) is 0.471. The molecule has 1 aromatic carbocycles. The lowest BCUT2D eigenvalue weighted by molar-refractivity contribution is 0.318. The number of benzene rings is 1. The van der Waals surface area contributed by atoms with Crippen LogP contribution in [0.5, 0.6) is 0 Å². The molecule has 0 fully saturated rings. The minimum Gasteiger partial charge on any atom is -0.317 e. The van der Waals surface area contributed by atoms with Gasteiger partial charge < -0.3 is 5.32 Å². The Morgan fingerprint density at radius 3 is 2.62 bits per heavy atom. The number of nitrogens with zero attached hydrogens (tertiary/aromatic N) is 3. The molecular weight excluding hydrogens is 260 g/mol. The van der Waals surface area contributed by atoms with E-state index in [1.54, 1.807) is 0 Å². The largest absolute Gasteiger partial charge is 0.317 e. The smallest absolute Gasteiger partial charge is 0.0534 e. The Balaban J connectivity index is 1.94. The van der Waals surface area contributed by atoms with Crippen molar-refractivity contribution in [3.05, 3.63) is 53.3 Å². The van der Waals surface area contributed by atoms with Gasteiger partial charge in [-0.2, -0.15) is 5.10 Å². The van der Waals surface area contributed by atoms with Crippen molar-refractivity contribution in [2.45, 2.75) is 26.4 Å². The Hall–Kier alpha value is -1.65. The van der Waals surface area contributed by atoms with Crippen molar-refractivity contribution in [3.63, 3.8) is 0 Å². The molecule has 0 saturated carbocycles. The van der Waals surface area contributed by atoms with E-state index < -0.39 is 0 Å². The molecule has 0 spiro atoms. The van der Waals surface area contributed by atoms with Gasteiger partial charge in [-0.25, -0.2) is 0 Å². The van der Waals surface area contributed by atoms with Gasteiger partial charge in [0.15, 0.2) is 0 Å². The van der Waals surface area contributed by atoms with Gasteiger partial charge in [0.25, 0.3) is 0 Å². The highest BCUT2D eigenvalue weighted by Crippen LogP contribution is 2.13. The van der Waals surface area contributed by atoms with E-state index in [1.807, 2.05) is 17.9 Å². The standard InChI is InChI=1S/C17H26N4/c1-4-18-10-9-16-7-5-6-8-17(16)14-20(2)12-15-11-19-21(3)13-15/h5-8,11,13,18H,4,9-10,12,14H2,1-3H3. The van der Waals surface area contributed by atoms with Gasteiger partial charge in [-0.3, -0.25) is 9.58 Å². The van der Waals surface area contributed by atoms with Gasteiger partial charge in [0, 0.05) is 31.9 Å². The SMILES string of the molecule is CCNCCc1ccccc1CN(C)Cc1cnn(C)c1. The van der Waals surface area contributed by atoms with Crippen LogP contribution in [0, 0.1) is 0 Å². The Kier molecular flexibility index (Phi) is 5.96. The summed E-state index contributed by atoms with van der Waals surface area (Å²) in [5.74, 6) is 0. The summed E-state index contributed by atoms with van der Waals surface area (Å²) in [5, 5.41) is 7.62. The topological polar surface area (TPSA) is 33.1 Å². The zero-order valence-electron chi connectivity index (χ0n) is 13.3. The summed E-state index contributed by atoms with van der Waals surface area (Å²) in [6.07, 6.45) is 5.10. The van der Waals surface area contributed by atoms with Crippen LogP contribution in [0.15, 0.2) is 36.7 Å². The van der Waals surface area contributed by atoms with E-state index in [9.17, 15) is 0 Å². The molecule has 0 radical (unpaired) electrons. The fourth-order valence-electron chi connectivity index (χ4n) is 2.57. The van der Waals surface area contributed by atoms with Crippen molar-refractivity contribution in [2.75, 3.05) is 20.1 Å². The van der Waals surface area contributed by atoms with Gasteiger partial charge in [-0.05, 0) is 37.7 Å². The van der Waals surface area contributed by atoms with Crippen LogP contribution in [0.25, 0.3) is 0 Å². The summed E-state index contributed by atoms with van der Waals surface area (Å²) in [7, 11) is 4.12. The number of hydrogen-bond acceptors (Lipinski definition) is 3. The van der Waals surface area contributed by atoms with Crippen molar-refractivity contribution in [1.29, 1.82) is 0 Å². The molecule has 0 amide bonds. The van der Waals surface area contributed by atoms with Gasteiger partial charge in [-0.15, -0.1) is 0 Å². The van der Waals surface area contributed by atoms with E-state index in [0.29, 0.717) is 0 Å². The second-order valence-electron chi connectivity index (χ2n) is 5.57. The average Bonchev–Trinajstić information content (AvgIpc) is 2.86. The molecule has 0 bridgehead atoms. The maximum Gasteiger partial charge on any atom is 0.0534 e. The van der Waals surface area contributed by atoms with Crippen LogP contribution < -0.4 is 5.32 Å². The molecule has 1 N–H and O–H groups in total. The van der Waals surface area contributed by atoms with E-state index >= 15 is 0 Å². The number of likely N-dealkylation sites (N-methyl/N-ethyl adjacent to an activating group) is 1. The predicted molar refractivity (Wildman–Crippen MR) is 87.1 cm³/mol. The highest BCUT2D eigenvalue weighted by molar-refractivity contribution is 5.27. The number of aromatic nitrogens is 2. The van der Waals surface area contributed by atoms with Crippen LogP contribution in [0.4, 0.5) is 0 Å². The molecule has 2 aromatic rings. The lowest BCUT2D eigenvalue weighted by Gasteiger charge is -2.18. The third kappa shape index (κ3) is 4.99. The second-order valence-corrected chi connectivity index (χ2v) is 5.57. The van der Waals surface area contributed by atoms with Crippen LogP contribution in [-0.4, -0.2) is 34.8 Å². The van der Waals surface area contributed by atoms with Gasteiger partial charge in [0.1, 0.15) is 0 Å². The van der Waals surface area contributed by atoms with Crippen LogP contribution in [0.3, 0.4) is 0 Å². The summed E-state index contributed by atoms with van der Waals surface area (Å²) in [5.41, 5.74) is 4.11. The van der Waals surface area contributed by atoms with Crippen LogP contribution in [0.1, 0.15) is 23.6 Å². The average molecular weight is 286 g/mol. The number of nitrogens with one attached hydrogen (secondary N) is 1. The molecule has 0 aliphatic carbocycles. The lowest BCUT2D eigenvalue weighted by Crippen LogP contribution is -2.20. The maximum absolute atomic E-state index is 4.23. The Bertz CT molecular complexity index is 547. The lowest BCUT2D eigenvalue weighted by atomic mass is 10.0. The Labute approximate surface area is 127 Å². The minimum atomic E-state index is 0.926. The van der Waals surface area contributed by atoms with E-state index in [0.717, 1.165) is 32.6 Å². The highest BCUT2D eigenvalue weighted by Gasteiger charge is 2.07. The summed E-state index contributed by atoms with van der Waals surface area (Å²) in [6, 6.07) is 8.74. The quantitative estimate of drug-likeness (QED) is 0.755. The molecule has 0 saturated heterocycles. The predicted octanol–water partition coefficient (Wildman–Crippen LogP) is 2.20. The molecule has 1 aromatic heterocycles. The molecule has 0 aliphatic rings. The zero-order chi connectivity index (χ0) is 15.1. The third-order valence-electron chi connectivity index (χ3n) is 3.59. The Morgan fingerprint density at radius 2 is 1.95 bits per heavy atom. The second kappa shape index (κ2) is 7.96. The van der Waals surface area contributed by atoms with E-state index in [2.05, 4.69) is 59.7 Å². The van der Waals surface area contributed by atoms with Crippen molar-refractivity contribution < 1.29 is 0 Å². The first-order valence-corrected chi connectivity index (χ1v) is 7.62. The molecule has 114 valence electrons. The molecule has 21 heavy (non-hydrogen) atoms. The first-order valence-electron chi connectivity index (χ1n) is 7.62. The van der Waals surface area contributed by atoms with Crippen LogP contribution in [0.2, 0.25) is 0 Å². The first-order chi connectivity index (χ1) is 10.2. The van der Waals surface area contributed by atoms with Gasteiger partial charge in [0.05, 0.1) is 6.20 Å². The van der Waals surface area contributed by atoms with Crippen LogP contribution in [-0.2, 0) is 26.6 Å².